The summed E-state index contributed by atoms with van der Waals surface area (Å²) in [5.74, 6) is -0.765. The number of hydrogen-bond acceptors (Lipinski definition) is 2. The van der Waals surface area contributed by atoms with Crippen LogP contribution in [0, 0.1) is 0 Å². The van der Waals surface area contributed by atoms with E-state index in [4.69, 9.17) is 5.11 Å². The number of carboxylic acid groups (broad SMARTS) is 1. The van der Waals surface area contributed by atoms with Crippen molar-refractivity contribution in [3.8, 4) is 0 Å². The summed E-state index contributed by atoms with van der Waals surface area (Å²) in [4.78, 5) is 13.0. The molecule has 1 unspecified atom stereocenters. The summed E-state index contributed by atoms with van der Waals surface area (Å²) in [6.07, 6.45) is 1.87. The van der Waals surface area contributed by atoms with Gasteiger partial charge in [-0.3, -0.25) is 9.69 Å². The summed E-state index contributed by atoms with van der Waals surface area (Å²) in [6, 6.07) is 8.30. The molecule has 18 heavy (non-hydrogen) atoms. The van der Waals surface area contributed by atoms with E-state index in [-0.39, 0.29) is 12.6 Å². The largest absolute Gasteiger partial charge is 0.480 e. The molecule has 0 saturated carbocycles. The Morgan fingerprint density at radius 1 is 1.33 bits per heavy atom. The van der Waals surface area contributed by atoms with Gasteiger partial charge in [0.1, 0.15) is 0 Å². The maximum Gasteiger partial charge on any atom is 0.317 e. The summed E-state index contributed by atoms with van der Waals surface area (Å²) in [7, 11) is 0. The van der Waals surface area contributed by atoms with Gasteiger partial charge in [0.25, 0.3) is 0 Å². The van der Waals surface area contributed by atoms with Gasteiger partial charge < -0.3 is 5.11 Å². The van der Waals surface area contributed by atoms with Crippen LogP contribution in [-0.2, 0) is 4.79 Å². The molecular formula is C14H20BrNO2. The first-order valence-electron chi connectivity index (χ1n) is 6.29. The Morgan fingerprint density at radius 2 is 1.94 bits per heavy atom. The van der Waals surface area contributed by atoms with Crippen LogP contribution >= 0.6 is 15.9 Å². The second-order valence-corrected chi connectivity index (χ2v) is 5.26. The molecule has 0 aliphatic rings. The lowest BCUT2D eigenvalue weighted by molar-refractivity contribution is -0.139. The van der Waals surface area contributed by atoms with Crippen LogP contribution in [-0.4, -0.2) is 29.1 Å². The van der Waals surface area contributed by atoms with Crippen LogP contribution in [0.5, 0.6) is 0 Å². The first-order chi connectivity index (χ1) is 8.58. The molecule has 100 valence electrons. The van der Waals surface area contributed by atoms with E-state index in [1.165, 1.54) is 5.56 Å². The Balaban J connectivity index is 2.89. The normalized spacial score (nSPS) is 12.7. The topological polar surface area (TPSA) is 40.5 Å². The van der Waals surface area contributed by atoms with Gasteiger partial charge in [-0.15, -0.1) is 0 Å². The smallest absolute Gasteiger partial charge is 0.317 e. The number of halogens is 1. The minimum Gasteiger partial charge on any atom is -0.480 e. The average Bonchev–Trinajstić information content (AvgIpc) is 2.32. The van der Waals surface area contributed by atoms with Crippen LogP contribution in [0.3, 0.4) is 0 Å². The molecule has 0 fully saturated rings. The van der Waals surface area contributed by atoms with Crippen molar-refractivity contribution in [2.24, 2.45) is 0 Å². The molecular weight excluding hydrogens is 294 g/mol. The molecule has 1 atom stereocenters. The molecule has 1 N–H and O–H groups in total. The Labute approximate surface area is 117 Å². The summed E-state index contributed by atoms with van der Waals surface area (Å²) in [5, 5.41) is 9.00. The number of hydrogen-bond donors (Lipinski definition) is 1. The number of nitrogens with zero attached hydrogens (tertiary/aromatic N) is 1. The maximum absolute atomic E-state index is 10.9. The first-order valence-corrected chi connectivity index (χ1v) is 7.09. The average molecular weight is 314 g/mol. The summed E-state index contributed by atoms with van der Waals surface area (Å²) < 4.78 is 1.04. The molecule has 0 aromatic heterocycles. The lowest BCUT2D eigenvalue weighted by Crippen LogP contribution is -2.34. The predicted octanol–water partition coefficient (Wildman–Crippen LogP) is 3.70. The zero-order chi connectivity index (χ0) is 13.5. The molecule has 0 radical (unpaired) electrons. The maximum atomic E-state index is 10.9. The standard InChI is InChI=1S/C14H20BrNO2/c1-3-9-16(10-14(17)18)13(4-2)11-5-7-12(15)8-6-11/h5-8,13H,3-4,9-10H2,1-2H3,(H,17,18). The first kappa shape index (κ1) is 15.2. The summed E-state index contributed by atoms with van der Waals surface area (Å²) in [6.45, 7) is 5.07. The van der Waals surface area contributed by atoms with Gasteiger partial charge in [-0.2, -0.15) is 0 Å². The number of carbonyl (C=O) groups is 1. The van der Waals surface area contributed by atoms with Gasteiger partial charge in [0, 0.05) is 10.5 Å². The minimum absolute atomic E-state index is 0.0996. The van der Waals surface area contributed by atoms with E-state index in [9.17, 15) is 4.79 Å². The zero-order valence-electron chi connectivity index (χ0n) is 10.9. The van der Waals surface area contributed by atoms with E-state index < -0.39 is 5.97 Å². The van der Waals surface area contributed by atoms with Crippen LogP contribution in [0.25, 0.3) is 0 Å². The van der Waals surface area contributed by atoms with Crippen molar-refractivity contribution < 1.29 is 9.90 Å². The SMILES string of the molecule is CCCN(CC(=O)O)C(CC)c1ccc(Br)cc1. The third kappa shape index (κ3) is 4.42. The quantitative estimate of drug-likeness (QED) is 0.834. The fourth-order valence-electron chi connectivity index (χ4n) is 2.20. The molecule has 0 bridgehead atoms. The minimum atomic E-state index is -0.765. The fraction of sp³-hybridized carbons (Fsp3) is 0.500. The van der Waals surface area contributed by atoms with Gasteiger partial charge in [0.15, 0.2) is 0 Å². The van der Waals surface area contributed by atoms with Crippen molar-refractivity contribution in [2.45, 2.75) is 32.7 Å². The van der Waals surface area contributed by atoms with Crippen LogP contribution in [0.2, 0.25) is 0 Å². The van der Waals surface area contributed by atoms with Crippen LogP contribution in [0.1, 0.15) is 38.3 Å². The van der Waals surface area contributed by atoms with E-state index >= 15 is 0 Å². The van der Waals surface area contributed by atoms with Gasteiger partial charge in [-0.05, 0) is 37.1 Å². The van der Waals surface area contributed by atoms with Gasteiger partial charge in [0.2, 0.25) is 0 Å². The Kier molecular flexibility index (Phi) is 6.36. The lowest BCUT2D eigenvalue weighted by atomic mass is 10.0. The van der Waals surface area contributed by atoms with E-state index in [1.54, 1.807) is 0 Å². The Hall–Kier alpha value is -0.870. The van der Waals surface area contributed by atoms with E-state index in [1.807, 2.05) is 17.0 Å². The Morgan fingerprint density at radius 3 is 2.39 bits per heavy atom. The van der Waals surface area contributed by atoms with Crippen LogP contribution < -0.4 is 0 Å². The highest BCUT2D eigenvalue weighted by Gasteiger charge is 2.20. The second-order valence-electron chi connectivity index (χ2n) is 4.34. The monoisotopic (exact) mass is 313 g/mol. The molecule has 0 amide bonds. The third-order valence-corrected chi connectivity index (χ3v) is 3.46. The third-order valence-electron chi connectivity index (χ3n) is 2.93. The molecule has 0 saturated heterocycles. The van der Waals surface area contributed by atoms with Gasteiger partial charge in [-0.1, -0.05) is 41.9 Å². The molecule has 3 nitrogen and oxygen atoms in total. The van der Waals surface area contributed by atoms with Crippen molar-refractivity contribution in [1.82, 2.24) is 4.90 Å². The molecule has 1 rings (SSSR count). The molecule has 1 aromatic carbocycles. The van der Waals surface area contributed by atoms with E-state index in [2.05, 4.69) is 41.9 Å². The van der Waals surface area contributed by atoms with E-state index in [0.29, 0.717) is 0 Å². The molecule has 0 heterocycles. The molecule has 0 spiro atoms. The lowest BCUT2D eigenvalue weighted by Gasteiger charge is -2.29. The molecule has 0 aliphatic heterocycles. The van der Waals surface area contributed by atoms with Gasteiger partial charge in [0.05, 0.1) is 6.54 Å². The van der Waals surface area contributed by atoms with Crippen molar-refractivity contribution in [3.63, 3.8) is 0 Å². The van der Waals surface area contributed by atoms with E-state index in [0.717, 1.165) is 23.9 Å². The second kappa shape index (κ2) is 7.54. The van der Waals surface area contributed by atoms with Crippen molar-refractivity contribution in [2.75, 3.05) is 13.1 Å². The number of benzene rings is 1. The van der Waals surface area contributed by atoms with Crippen molar-refractivity contribution in [3.05, 3.63) is 34.3 Å². The highest BCUT2D eigenvalue weighted by molar-refractivity contribution is 9.10. The van der Waals surface area contributed by atoms with Crippen molar-refractivity contribution >= 4 is 21.9 Å². The molecule has 1 aromatic rings. The fourth-order valence-corrected chi connectivity index (χ4v) is 2.46. The number of rotatable bonds is 7. The Bertz CT molecular complexity index is 378. The summed E-state index contributed by atoms with van der Waals surface area (Å²) >= 11 is 3.42. The number of aliphatic carboxylic acids is 1. The van der Waals surface area contributed by atoms with Gasteiger partial charge in [-0.25, -0.2) is 0 Å². The predicted molar refractivity (Wildman–Crippen MR) is 76.7 cm³/mol. The van der Waals surface area contributed by atoms with Crippen LogP contribution in [0.15, 0.2) is 28.7 Å². The highest BCUT2D eigenvalue weighted by Crippen LogP contribution is 2.25. The molecule has 0 aliphatic carbocycles. The zero-order valence-corrected chi connectivity index (χ0v) is 12.5. The van der Waals surface area contributed by atoms with Crippen molar-refractivity contribution in [1.29, 1.82) is 0 Å². The number of carboxylic acids is 1. The van der Waals surface area contributed by atoms with Crippen LogP contribution in [0.4, 0.5) is 0 Å². The molecule has 4 heteroatoms. The highest BCUT2D eigenvalue weighted by atomic mass is 79.9. The summed E-state index contributed by atoms with van der Waals surface area (Å²) in [5.41, 5.74) is 1.18. The van der Waals surface area contributed by atoms with Gasteiger partial charge >= 0.3 is 5.97 Å².